The van der Waals surface area contributed by atoms with Gasteiger partial charge >= 0.3 is 0 Å². The van der Waals surface area contributed by atoms with Crippen molar-refractivity contribution in [1.29, 1.82) is 0 Å². The third-order valence-corrected chi connectivity index (χ3v) is 6.07. The second-order valence-corrected chi connectivity index (χ2v) is 8.01. The molecule has 3 heterocycles. The van der Waals surface area contributed by atoms with Gasteiger partial charge in [0.2, 0.25) is 5.95 Å². The normalized spacial score (nSPS) is 17.7. The van der Waals surface area contributed by atoms with E-state index >= 15 is 0 Å². The predicted octanol–water partition coefficient (Wildman–Crippen LogP) is 4.27. The van der Waals surface area contributed by atoms with Crippen molar-refractivity contribution in [3.63, 3.8) is 0 Å². The van der Waals surface area contributed by atoms with E-state index in [9.17, 15) is 4.79 Å². The summed E-state index contributed by atoms with van der Waals surface area (Å²) in [5.41, 5.74) is 1.76. The molecule has 2 aliphatic rings. The molecule has 4 rings (SSSR count). The van der Waals surface area contributed by atoms with E-state index in [0.29, 0.717) is 0 Å². The van der Waals surface area contributed by atoms with E-state index in [0.717, 1.165) is 49.2 Å². The number of unbranched alkanes of at least 4 members (excludes halogenated alkanes) is 1. The number of pyridine rings is 1. The van der Waals surface area contributed by atoms with Gasteiger partial charge in [-0.1, -0.05) is 44.9 Å². The van der Waals surface area contributed by atoms with Crippen LogP contribution >= 0.6 is 0 Å². The fourth-order valence-electron chi connectivity index (χ4n) is 4.56. The highest BCUT2D eigenvalue weighted by molar-refractivity contribution is 5.59. The minimum absolute atomic E-state index is 0.0544. The van der Waals surface area contributed by atoms with Gasteiger partial charge in [-0.2, -0.15) is 0 Å². The minimum atomic E-state index is 0.0544. The smallest absolute Gasteiger partial charge is 0.255 e. The maximum absolute atomic E-state index is 12.6. The molecule has 0 radical (unpaired) electrons. The van der Waals surface area contributed by atoms with Crippen LogP contribution in [-0.2, 0) is 6.54 Å². The summed E-state index contributed by atoms with van der Waals surface area (Å²) in [4.78, 5) is 23.9. The van der Waals surface area contributed by atoms with E-state index in [1.165, 1.54) is 51.4 Å². The molecule has 1 fully saturated rings. The molecule has 0 N–H and O–H groups in total. The zero-order valence-corrected chi connectivity index (χ0v) is 16.1. The number of aromatic nitrogens is 3. The number of anilines is 1. The summed E-state index contributed by atoms with van der Waals surface area (Å²) in [5, 5.41) is 0. The zero-order chi connectivity index (χ0) is 18.5. The highest BCUT2D eigenvalue weighted by Crippen LogP contribution is 2.28. The molecule has 144 valence electrons. The lowest BCUT2D eigenvalue weighted by molar-refractivity contribution is 0.329. The number of hydrogen-bond acceptors (Lipinski definition) is 4. The first-order valence-electron chi connectivity index (χ1n) is 10.6. The van der Waals surface area contributed by atoms with E-state index in [1.54, 1.807) is 18.5 Å². The topological polar surface area (TPSA) is 51.0 Å². The lowest BCUT2D eigenvalue weighted by Crippen LogP contribution is -2.39. The van der Waals surface area contributed by atoms with E-state index in [4.69, 9.17) is 4.98 Å². The van der Waals surface area contributed by atoms with Gasteiger partial charge in [-0.15, -0.1) is 0 Å². The SMILES string of the molecule is O=c1cc(-c2ccncc2)nc2n1CCCN2CCCCC1CCCCC1. The van der Waals surface area contributed by atoms with Crippen LogP contribution in [0.3, 0.4) is 0 Å². The Kier molecular flexibility index (Phi) is 5.85. The zero-order valence-electron chi connectivity index (χ0n) is 16.1. The van der Waals surface area contributed by atoms with Crippen LogP contribution < -0.4 is 10.5 Å². The first-order valence-corrected chi connectivity index (χ1v) is 10.6. The van der Waals surface area contributed by atoms with Crippen molar-refractivity contribution in [2.75, 3.05) is 18.0 Å². The van der Waals surface area contributed by atoms with E-state index in [-0.39, 0.29) is 5.56 Å². The molecule has 0 unspecified atom stereocenters. The number of fused-ring (bicyclic) bond motifs is 1. The van der Waals surface area contributed by atoms with Crippen molar-refractivity contribution >= 4 is 5.95 Å². The molecule has 27 heavy (non-hydrogen) atoms. The maximum Gasteiger partial charge on any atom is 0.255 e. The molecule has 1 aliphatic heterocycles. The highest BCUT2D eigenvalue weighted by Gasteiger charge is 2.20. The molecule has 5 nitrogen and oxygen atoms in total. The van der Waals surface area contributed by atoms with Crippen LogP contribution in [0.15, 0.2) is 35.4 Å². The molecule has 0 aromatic carbocycles. The van der Waals surface area contributed by atoms with E-state index in [2.05, 4.69) is 9.88 Å². The molecular formula is C22H30N4O. The Labute approximate surface area is 161 Å². The average Bonchev–Trinajstić information content (AvgIpc) is 2.73. The number of hydrogen-bond donors (Lipinski definition) is 0. The standard InChI is InChI=1S/C22H30N4O/c27-21-17-20(19-10-12-23-13-11-19)24-22-25(15-6-16-26(21)22)14-5-4-9-18-7-2-1-3-8-18/h10-13,17-18H,1-9,14-16H2. The van der Waals surface area contributed by atoms with Gasteiger partial charge in [0, 0.05) is 43.7 Å². The van der Waals surface area contributed by atoms with Gasteiger partial charge in [-0.05, 0) is 30.9 Å². The summed E-state index contributed by atoms with van der Waals surface area (Å²) >= 11 is 0. The van der Waals surface area contributed by atoms with Crippen LogP contribution in [0.4, 0.5) is 5.95 Å². The summed E-state index contributed by atoms with van der Waals surface area (Å²) in [7, 11) is 0. The average molecular weight is 367 g/mol. The van der Waals surface area contributed by atoms with Crippen molar-refractivity contribution in [1.82, 2.24) is 14.5 Å². The lowest BCUT2D eigenvalue weighted by atomic mass is 9.86. The van der Waals surface area contributed by atoms with Gasteiger partial charge in [-0.3, -0.25) is 14.3 Å². The van der Waals surface area contributed by atoms with Crippen LogP contribution in [-0.4, -0.2) is 27.6 Å². The Bertz CT molecular complexity index is 796. The number of nitrogens with zero attached hydrogens (tertiary/aromatic N) is 4. The second kappa shape index (κ2) is 8.68. The van der Waals surface area contributed by atoms with Crippen LogP contribution in [0.25, 0.3) is 11.3 Å². The van der Waals surface area contributed by atoms with E-state index < -0.39 is 0 Å². The maximum atomic E-state index is 12.6. The van der Waals surface area contributed by atoms with Crippen LogP contribution in [0, 0.1) is 5.92 Å². The van der Waals surface area contributed by atoms with Crippen molar-refractivity contribution in [3.8, 4) is 11.3 Å². The Balaban J connectivity index is 1.43. The van der Waals surface area contributed by atoms with Gasteiger partial charge in [0.1, 0.15) is 0 Å². The molecule has 1 aliphatic carbocycles. The fraction of sp³-hybridized carbons (Fsp3) is 0.591. The Morgan fingerprint density at radius 3 is 2.63 bits per heavy atom. The van der Waals surface area contributed by atoms with Crippen molar-refractivity contribution < 1.29 is 0 Å². The lowest BCUT2D eigenvalue weighted by Gasteiger charge is -2.31. The molecule has 0 bridgehead atoms. The third-order valence-electron chi connectivity index (χ3n) is 6.07. The Morgan fingerprint density at radius 1 is 1.00 bits per heavy atom. The van der Waals surface area contributed by atoms with Crippen molar-refractivity contribution in [2.45, 2.75) is 64.3 Å². The van der Waals surface area contributed by atoms with Gasteiger partial charge in [-0.25, -0.2) is 4.98 Å². The molecule has 0 spiro atoms. The first-order chi connectivity index (χ1) is 13.3. The molecule has 0 saturated heterocycles. The highest BCUT2D eigenvalue weighted by atomic mass is 16.1. The summed E-state index contributed by atoms with van der Waals surface area (Å²) in [6.45, 7) is 2.77. The van der Waals surface area contributed by atoms with Gasteiger partial charge < -0.3 is 4.90 Å². The number of rotatable bonds is 6. The molecule has 2 aromatic heterocycles. The largest absolute Gasteiger partial charge is 0.342 e. The molecule has 5 heteroatoms. The summed E-state index contributed by atoms with van der Waals surface area (Å²) in [6.07, 6.45) is 15.5. The molecule has 0 amide bonds. The van der Waals surface area contributed by atoms with Gasteiger partial charge in [0.15, 0.2) is 0 Å². The quantitative estimate of drug-likeness (QED) is 0.717. The Morgan fingerprint density at radius 2 is 1.81 bits per heavy atom. The van der Waals surface area contributed by atoms with Gasteiger partial charge in [0.25, 0.3) is 5.56 Å². The first kappa shape index (κ1) is 18.2. The van der Waals surface area contributed by atoms with Crippen LogP contribution in [0.5, 0.6) is 0 Å². The Hall–Kier alpha value is -2.17. The second-order valence-electron chi connectivity index (χ2n) is 8.01. The molecule has 0 atom stereocenters. The predicted molar refractivity (Wildman–Crippen MR) is 109 cm³/mol. The third kappa shape index (κ3) is 4.40. The monoisotopic (exact) mass is 366 g/mol. The van der Waals surface area contributed by atoms with Gasteiger partial charge in [0.05, 0.1) is 5.69 Å². The minimum Gasteiger partial charge on any atom is -0.342 e. The van der Waals surface area contributed by atoms with Crippen molar-refractivity contribution in [2.24, 2.45) is 5.92 Å². The molecule has 2 aromatic rings. The molecular weight excluding hydrogens is 336 g/mol. The van der Waals surface area contributed by atoms with Crippen LogP contribution in [0.1, 0.15) is 57.8 Å². The summed E-state index contributed by atoms with van der Waals surface area (Å²) in [5.74, 6) is 1.80. The fourth-order valence-corrected chi connectivity index (χ4v) is 4.56. The summed E-state index contributed by atoms with van der Waals surface area (Å²) < 4.78 is 1.84. The molecule has 1 saturated carbocycles. The summed E-state index contributed by atoms with van der Waals surface area (Å²) in [6, 6.07) is 5.48. The van der Waals surface area contributed by atoms with Crippen LogP contribution in [0.2, 0.25) is 0 Å². The van der Waals surface area contributed by atoms with E-state index in [1.807, 2.05) is 16.7 Å². The van der Waals surface area contributed by atoms with Crippen molar-refractivity contribution in [3.05, 3.63) is 40.9 Å².